The van der Waals surface area contributed by atoms with Gasteiger partial charge in [0, 0.05) is 4.83 Å². The maximum absolute atomic E-state index is 4.22. The lowest BCUT2D eigenvalue weighted by Crippen LogP contribution is -2.41. The summed E-state index contributed by atoms with van der Waals surface area (Å²) in [7, 11) is 0. The molecule has 1 heteroatoms. The first-order valence-corrected chi connectivity index (χ1v) is 12.0. The molecular formula is C25H33Br. The molecule has 1 aromatic rings. The molecule has 0 aliphatic heterocycles. The van der Waals surface area contributed by atoms with Crippen LogP contribution in [0.15, 0.2) is 29.8 Å². The van der Waals surface area contributed by atoms with Crippen molar-refractivity contribution >= 4 is 22.0 Å². The Hall–Kier alpha value is -0.560. The minimum absolute atomic E-state index is 0.814. The van der Waals surface area contributed by atoms with Gasteiger partial charge in [0.05, 0.1) is 0 Å². The minimum Gasteiger partial charge on any atom is -0.0884 e. The first kappa shape index (κ1) is 17.5. The van der Waals surface area contributed by atoms with Crippen molar-refractivity contribution in [2.45, 2.75) is 69.5 Å². The number of alkyl halides is 1. The molecule has 4 aliphatic carbocycles. The molecule has 1 aromatic carbocycles. The molecule has 0 amide bonds. The van der Waals surface area contributed by atoms with Gasteiger partial charge in [-0.3, -0.25) is 0 Å². The van der Waals surface area contributed by atoms with Crippen LogP contribution in [0.1, 0.15) is 69.4 Å². The van der Waals surface area contributed by atoms with Crippen LogP contribution in [0.2, 0.25) is 0 Å². The number of hydrogen-bond donors (Lipinski definition) is 0. The highest BCUT2D eigenvalue weighted by molar-refractivity contribution is 9.09. The zero-order chi connectivity index (χ0) is 17.7. The standard InChI is InChI=1S/C25H33Br/c1-16-12-24-23(15-20-8-4-5-9-22(20)25(24)26)21(16)11-10-17-13-18-6-2-3-7-19(18)14-17/h2-3,6-7,13,16,20-25H,4-5,8-12,14-15H2,1H3. The van der Waals surface area contributed by atoms with Crippen molar-refractivity contribution in [1.29, 1.82) is 0 Å². The molecule has 5 rings (SSSR count). The normalized spacial score (nSPS) is 41.3. The summed E-state index contributed by atoms with van der Waals surface area (Å²) in [5, 5.41) is 0. The number of fused-ring (bicyclic) bond motifs is 3. The molecule has 3 fully saturated rings. The van der Waals surface area contributed by atoms with E-state index in [-0.39, 0.29) is 0 Å². The van der Waals surface area contributed by atoms with Gasteiger partial charge in [0.2, 0.25) is 0 Å². The maximum atomic E-state index is 4.22. The van der Waals surface area contributed by atoms with Crippen LogP contribution in [0.4, 0.5) is 0 Å². The zero-order valence-electron chi connectivity index (χ0n) is 16.2. The van der Waals surface area contributed by atoms with Gasteiger partial charge in [0.15, 0.2) is 0 Å². The van der Waals surface area contributed by atoms with Gasteiger partial charge < -0.3 is 0 Å². The fourth-order valence-corrected chi connectivity index (χ4v) is 8.52. The molecule has 0 spiro atoms. The Labute approximate surface area is 168 Å². The van der Waals surface area contributed by atoms with E-state index in [9.17, 15) is 0 Å². The first-order chi connectivity index (χ1) is 12.7. The average molecular weight is 413 g/mol. The van der Waals surface area contributed by atoms with Crippen LogP contribution in [0.5, 0.6) is 0 Å². The van der Waals surface area contributed by atoms with Gasteiger partial charge >= 0.3 is 0 Å². The van der Waals surface area contributed by atoms with E-state index in [0.29, 0.717) is 0 Å². The molecule has 0 aromatic heterocycles. The molecule has 0 nitrogen and oxygen atoms in total. The topological polar surface area (TPSA) is 0 Å². The number of hydrogen-bond acceptors (Lipinski definition) is 0. The lowest BCUT2D eigenvalue weighted by Gasteiger charge is -2.46. The third kappa shape index (κ3) is 3.03. The number of rotatable bonds is 3. The largest absolute Gasteiger partial charge is 0.0884 e. The highest BCUT2D eigenvalue weighted by atomic mass is 79.9. The monoisotopic (exact) mass is 412 g/mol. The number of halogens is 1. The van der Waals surface area contributed by atoms with Crippen molar-refractivity contribution in [2.75, 3.05) is 0 Å². The van der Waals surface area contributed by atoms with E-state index in [2.05, 4.69) is 53.2 Å². The quantitative estimate of drug-likeness (QED) is 0.457. The van der Waals surface area contributed by atoms with E-state index in [1.807, 2.05) is 0 Å². The summed E-state index contributed by atoms with van der Waals surface area (Å²) in [6.45, 7) is 2.56. The van der Waals surface area contributed by atoms with E-state index in [1.54, 1.807) is 17.6 Å². The van der Waals surface area contributed by atoms with Crippen molar-refractivity contribution in [1.82, 2.24) is 0 Å². The van der Waals surface area contributed by atoms with E-state index in [0.717, 1.165) is 40.3 Å². The van der Waals surface area contributed by atoms with Gasteiger partial charge in [0.1, 0.15) is 0 Å². The van der Waals surface area contributed by atoms with Crippen molar-refractivity contribution in [3.8, 4) is 0 Å². The van der Waals surface area contributed by atoms with Gasteiger partial charge in [-0.25, -0.2) is 0 Å². The second-order valence-corrected chi connectivity index (χ2v) is 10.9. The first-order valence-electron chi connectivity index (χ1n) is 11.1. The maximum Gasteiger partial charge on any atom is 0.0207 e. The smallest absolute Gasteiger partial charge is 0.0207 e. The molecule has 0 saturated heterocycles. The van der Waals surface area contributed by atoms with Gasteiger partial charge in [-0.2, -0.15) is 0 Å². The Bertz CT molecular complexity index is 689. The Balaban J connectivity index is 1.27. The summed E-state index contributed by atoms with van der Waals surface area (Å²) in [6.07, 6.45) is 15.4. The summed E-state index contributed by atoms with van der Waals surface area (Å²) in [6, 6.07) is 8.97. The van der Waals surface area contributed by atoms with Crippen LogP contribution in [-0.2, 0) is 6.42 Å². The summed E-state index contributed by atoms with van der Waals surface area (Å²) in [4.78, 5) is 0.814. The Morgan fingerprint density at radius 3 is 2.73 bits per heavy atom. The van der Waals surface area contributed by atoms with E-state index in [1.165, 1.54) is 56.9 Å². The molecule has 4 aliphatic rings. The molecule has 140 valence electrons. The molecule has 0 radical (unpaired) electrons. The molecular weight excluding hydrogens is 380 g/mol. The second-order valence-electron chi connectivity index (χ2n) is 9.81. The van der Waals surface area contributed by atoms with Crippen molar-refractivity contribution < 1.29 is 0 Å². The molecule has 7 unspecified atom stereocenters. The van der Waals surface area contributed by atoms with E-state index < -0.39 is 0 Å². The fourth-order valence-electron chi connectivity index (χ4n) is 7.21. The average Bonchev–Trinajstić information content (AvgIpc) is 3.21. The van der Waals surface area contributed by atoms with E-state index in [4.69, 9.17) is 0 Å². The second kappa shape index (κ2) is 7.12. The van der Waals surface area contributed by atoms with Crippen molar-refractivity contribution in [3.05, 3.63) is 41.0 Å². The van der Waals surface area contributed by atoms with Crippen LogP contribution >= 0.6 is 15.9 Å². The lowest BCUT2D eigenvalue weighted by atomic mass is 9.62. The highest BCUT2D eigenvalue weighted by Crippen LogP contribution is 2.58. The fraction of sp³-hybridized carbons (Fsp3) is 0.680. The highest BCUT2D eigenvalue weighted by Gasteiger charge is 2.51. The van der Waals surface area contributed by atoms with Gasteiger partial charge in [-0.1, -0.05) is 78.0 Å². The van der Waals surface area contributed by atoms with Crippen LogP contribution < -0.4 is 0 Å². The Morgan fingerprint density at radius 1 is 1.00 bits per heavy atom. The molecule has 3 saturated carbocycles. The van der Waals surface area contributed by atoms with Crippen LogP contribution in [0, 0.1) is 35.5 Å². The molecule has 0 bridgehead atoms. The van der Waals surface area contributed by atoms with Crippen LogP contribution in [0.25, 0.3) is 6.08 Å². The summed E-state index contributed by atoms with van der Waals surface area (Å²) >= 11 is 4.22. The zero-order valence-corrected chi connectivity index (χ0v) is 17.8. The van der Waals surface area contributed by atoms with Gasteiger partial charge in [0.25, 0.3) is 0 Å². The predicted molar refractivity (Wildman–Crippen MR) is 114 cm³/mol. The molecule has 7 atom stereocenters. The van der Waals surface area contributed by atoms with E-state index >= 15 is 0 Å². The van der Waals surface area contributed by atoms with Crippen molar-refractivity contribution in [2.24, 2.45) is 35.5 Å². The number of benzene rings is 1. The predicted octanol–water partition coefficient (Wildman–Crippen LogP) is 7.27. The molecule has 26 heavy (non-hydrogen) atoms. The summed E-state index contributed by atoms with van der Waals surface area (Å²) in [5.74, 6) is 5.87. The SMILES string of the molecule is CC1CC2C(Br)C3CCCCC3CC2C1CCC1=Cc2ccccc2C1. The Morgan fingerprint density at radius 2 is 1.85 bits per heavy atom. The third-order valence-electron chi connectivity index (χ3n) is 8.47. The third-order valence-corrected chi connectivity index (χ3v) is 9.82. The molecule has 0 heterocycles. The van der Waals surface area contributed by atoms with Gasteiger partial charge in [-0.15, -0.1) is 0 Å². The Kier molecular flexibility index (Phi) is 4.80. The minimum atomic E-state index is 0.814. The molecule has 0 N–H and O–H groups in total. The van der Waals surface area contributed by atoms with Crippen LogP contribution in [-0.4, -0.2) is 4.83 Å². The summed E-state index contributed by atoms with van der Waals surface area (Å²) in [5.41, 5.74) is 4.70. The lowest BCUT2D eigenvalue weighted by molar-refractivity contribution is 0.0835. The summed E-state index contributed by atoms with van der Waals surface area (Å²) < 4.78 is 0. The van der Waals surface area contributed by atoms with Crippen LogP contribution in [0.3, 0.4) is 0 Å². The van der Waals surface area contributed by atoms with Gasteiger partial charge in [-0.05, 0) is 85.2 Å². The van der Waals surface area contributed by atoms with Crippen molar-refractivity contribution in [3.63, 3.8) is 0 Å². The number of allylic oxidation sites excluding steroid dienone is 1.